The van der Waals surface area contributed by atoms with E-state index in [1.807, 2.05) is 37.4 Å². The quantitative estimate of drug-likeness (QED) is 0.475. The largest absolute Gasteiger partial charge is 0.439 e. The van der Waals surface area contributed by atoms with Crippen molar-refractivity contribution < 1.29 is 19.0 Å². The van der Waals surface area contributed by atoms with Crippen molar-refractivity contribution in [2.24, 2.45) is 13.0 Å². The molecule has 0 aliphatic heterocycles. The minimum atomic E-state index is -0.600. The SMILES string of the molecule is COCC(O)CN(Cc1c(-c2ccccc2)nn(C)c1Oc1ccc(F)cc1)CC(C)C. The van der Waals surface area contributed by atoms with Crippen molar-refractivity contribution in [2.75, 3.05) is 26.8 Å². The number of aliphatic hydroxyl groups is 1. The van der Waals surface area contributed by atoms with Gasteiger partial charge in [0.05, 0.1) is 18.3 Å². The molecule has 0 spiro atoms. The van der Waals surface area contributed by atoms with Gasteiger partial charge in [-0.3, -0.25) is 4.90 Å². The molecule has 3 rings (SSSR count). The number of aryl methyl sites for hydroxylation is 1. The molecule has 32 heavy (non-hydrogen) atoms. The molecule has 6 nitrogen and oxygen atoms in total. The van der Waals surface area contributed by atoms with Crippen molar-refractivity contribution in [3.05, 3.63) is 66.0 Å². The Hall–Kier alpha value is -2.74. The van der Waals surface area contributed by atoms with Gasteiger partial charge in [0, 0.05) is 39.4 Å². The van der Waals surface area contributed by atoms with E-state index in [1.165, 1.54) is 12.1 Å². The minimum absolute atomic E-state index is 0.270. The monoisotopic (exact) mass is 441 g/mol. The summed E-state index contributed by atoms with van der Waals surface area (Å²) >= 11 is 0. The molecule has 1 aromatic heterocycles. The Morgan fingerprint density at radius 1 is 1.06 bits per heavy atom. The number of benzene rings is 2. The van der Waals surface area contributed by atoms with Gasteiger partial charge in [0.25, 0.3) is 0 Å². The van der Waals surface area contributed by atoms with Crippen LogP contribution in [0.3, 0.4) is 0 Å². The van der Waals surface area contributed by atoms with Crippen molar-refractivity contribution in [3.8, 4) is 22.9 Å². The van der Waals surface area contributed by atoms with E-state index in [2.05, 4.69) is 18.7 Å². The fraction of sp³-hybridized carbons (Fsp3) is 0.400. The Kier molecular flexibility index (Phi) is 8.39. The van der Waals surface area contributed by atoms with Crippen LogP contribution in [0.5, 0.6) is 11.6 Å². The molecular weight excluding hydrogens is 409 g/mol. The molecule has 0 aliphatic carbocycles. The number of methoxy groups -OCH3 is 1. The van der Waals surface area contributed by atoms with Gasteiger partial charge in [0.15, 0.2) is 0 Å². The Morgan fingerprint density at radius 2 is 1.75 bits per heavy atom. The van der Waals surface area contributed by atoms with E-state index in [9.17, 15) is 9.50 Å². The van der Waals surface area contributed by atoms with Crippen LogP contribution in [0.1, 0.15) is 19.4 Å². The van der Waals surface area contributed by atoms with Crippen LogP contribution < -0.4 is 4.74 Å². The number of aromatic nitrogens is 2. The number of ether oxygens (including phenoxy) is 2. The average Bonchev–Trinajstić information content (AvgIpc) is 3.05. The van der Waals surface area contributed by atoms with Crippen molar-refractivity contribution in [2.45, 2.75) is 26.5 Å². The van der Waals surface area contributed by atoms with Crippen LogP contribution >= 0.6 is 0 Å². The maximum atomic E-state index is 13.4. The summed E-state index contributed by atoms with van der Waals surface area (Å²) in [4.78, 5) is 2.19. The van der Waals surface area contributed by atoms with E-state index >= 15 is 0 Å². The zero-order valence-electron chi connectivity index (χ0n) is 19.2. The first-order valence-electron chi connectivity index (χ1n) is 10.8. The van der Waals surface area contributed by atoms with Gasteiger partial charge in [-0.15, -0.1) is 0 Å². The zero-order chi connectivity index (χ0) is 23.1. The first-order valence-corrected chi connectivity index (χ1v) is 10.8. The van der Waals surface area contributed by atoms with Crippen LogP contribution in [0.2, 0.25) is 0 Å². The topological polar surface area (TPSA) is 59.8 Å². The van der Waals surface area contributed by atoms with E-state index < -0.39 is 6.10 Å². The summed E-state index contributed by atoms with van der Waals surface area (Å²) in [6.45, 7) is 6.35. The summed E-state index contributed by atoms with van der Waals surface area (Å²) < 4.78 is 26.4. The summed E-state index contributed by atoms with van der Waals surface area (Å²) in [5.41, 5.74) is 2.71. The molecule has 0 saturated carbocycles. The van der Waals surface area contributed by atoms with Gasteiger partial charge in [0.2, 0.25) is 5.88 Å². The molecule has 0 aliphatic rings. The predicted molar refractivity (Wildman–Crippen MR) is 123 cm³/mol. The second-order valence-corrected chi connectivity index (χ2v) is 8.38. The minimum Gasteiger partial charge on any atom is -0.439 e. The summed E-state index contributed by atoms with van der Waals surface area (Å²) in [5, 5.41) is 15.1. The van der Waals surface area contributed by atoms with Gasteiger partial charge < -0.3 is 14.6 Å². The highest BCUT2D eigenvalue weighted by atomic mass is 19.1. The number of rotatable bonds is 11. The fourth-order valence-electron chi connectivity index (χ4n) is 3.75. The average molecular weight is 442 g/mol. The Labute approximate surface area is 189 Å². The molecule has 7 heteroatoms. The standard InChI is InChI=1S/C25H32FN3O3/c1-18(2)14-29(15-21(30)17-31-4)16-23-24(19-8-6-5-7-9-19)27-28(3)25(23)32-22-12-10-20(26)11-13-22/h5-13,18,21,30H,14-17H2,1-4H3. The fourth-order valence-corrected chi connectivity index (χ4v) is 3.75. The molecule has 1 atom stereocenters. The van der Waals surface area contributed by atoms with Crippen LogP contribution in [0, 0.1) is 11.7 Å². The molecule has 0 radical (unpaired) electrons. The maximum absolute atomic E-state index is 13.4. The molecule has 0 bridgehead atoms. The van der Waals surface area contributed by atoms with Gasteiger partial charge in [-0.25, -0.2) is 9.07 Å². The molecule has 0 fully saturated rings. The molecule has 172 valence electrons. The summed E-state index contributed by atoms with van der Waals surface area (Å²) in [5.74, 6) is 1.21. The van der Waals surface area contributed by atoms with Crippen LogP contribution in [0.15, 0.2) is 54.6 Å². The first-order chi connectivity index (χ1) is 15.4. The number of nitrogens with zero attached hydrogens (tertiary/aromatic N) is 3. The van der Waals surface area contributed by atoms with Crippen LogP contribution in [-0.4, -0.2) is 52.7 Å². The lowest BCUT2D eigenvalue weighted by Gasteiger charge is -2.27. The highest BCUT2D eigenvalue weighted by Gasteiger charge is 2.23. The maximum Gasteiger partial charge on any atom is 0.222 e. The molecule has 1 heterocycles. The number of aliphatic hydroxyl groups excluding tert-OH is 1. The lowest BCUT2D eigenvalue weighted by atomic mass is 10.1. The van der Waals surface area contributed by atoms with E-state index in [4.69, 9.17) is 14.6 Å². The van der Waals surface area contributed by atoms with Crippen molar-refractivity contribution in [1.82, 2.24) is 14.7 Å². The van der Waals surface area contributed by atoms with Crippen LogP contribution in [0.25, 0.3) is 11.3 Å². The third-order valence-corrected chi connectivity index (χ3v) is 5.00. The van der Waals surface area contributed by atoms with Crippen molar-refractivity contribution in [3.63, 3.8) is 0 Å². The second-order valence-electron chi connectivity index (χ2n) is 8.38. The van der Waals surface area contributed by atoms with E-state index in [1.54, 1.807) is 23.9 Å². The number of hydrogen-bond acceptors (Lipinski definition) is 5. The molecule has 0 saturated heterocycles. The van der Waals surface area contributed by atoms with E-state index in [0.29, 0.717) is 30.6 Å². The van der Waals surface area contributed by atoms with Gasteiger partial charge >= 0.3 is 0 Å². The third kappa shape index (κ3) is 6.38. The number of halogens is 1. The molecule has 0 amide bonds. The van der Waals surface area contributed by atoms with Gasteiger partial charge in [0.1, 0.15) is 17.3 Å². The van der Waals surface area contributed by atoms with E-state index in [0.717, 1.165) is 23.4 Å². The smallest absolute Gasteiger partial charge is 0.222 e. The zero-order valence-corrected chi connectivity index (χ0v) is 19.2. The Bertz CT molecular complexity index is 974. The summed E-state index contributed by atoms with van der Waals surface area (Å²) in [6.07, 6.45) is -0.600. The first kappa shape index (κ1) is 23.9. The van der Waals surface area contributed by atoms with Crippen LogP contribution in [-0.2, 0) is 18.3 Å². The molecule has 2 aromatic carbocycles. The molecular formula is C25H32FN3O3. The van der Waals surface area contributed by atoms with E-state index in [-0.39, 0.29) is 12.4 Å². The highest BCUT2D eigenvalue weighted by Crippen LogP contribution is 2.34. The van der Waals surface area contributed by atoms with Gasteiger partial charge in [-0.05, 0) is 30.2 Å². The van der Waals surface area contributed by atoms with Crippen molar-refractivity contribution in [1.29, 1.82) is 0 Å². The van der Waals surface area contributed by atoms with Crippen LogP contribution in [0.4, 0.5) is 4.39 Å². The third-order valence-electron chi connectivity index (χ3n) is 5.00. The second kappa shape index (κ2) is 11.2. The predicted octanol–water partition coefficient (Wildman–Crippen LogP) is 4.48. The molecule has 3 aromatic rings. The Morgan fingerprint density at radius 3 is 2.38 bits per heavy atom. The molecule has 1 N–H and O–H groups in total. The lowest BCUT2D eigenvalue weighted by Crippen LogP contribution is -2.36. The van der Waals surface area contributed by atoms with Gasteiger partial charge in [-0.2, -0.15) is 5.10 Å². The Balaban J connectivity index is 2.00. The summed E-state index contributed by atoms with van der Waals surface area (Å²) in [7, 11) is 3.42. The normalized spacial score (nSPS) is 12.5. The molecule has 1 unspecified atom stereocenters. The van der Waals surface area contributed by atoms with Crippen molar-refractivity contribution >= 4 is 0 Å². The highest BCUT2D eigenvalue weighted by molar-refractivity contribution is 5.65. The number of hydrogen-bond donors (Lipinski definition) is 1. The van der Waals surface area contributed by atoms with Gasteiger partial charge in [-0.1, -0.05) is 44.2 Å². The summed E-state index contributed by atoms with van der Waals surface area (Å²) in [6, 6.07) is 15.9. The lowest BCUT2D eigenvalue weighted by molar-refractivity contribution is 0.0330.